The third kappa shape index (κ3) is 4.29. The van der Waals surface area contributed by atoms with E-state index in [4.69, 9.17) is 0 Å². The standard InChI is InChI=1S/C15H25NS2/c1-12(2)17-11-9-16-15(13-6-3-4-7-13)14-8-5-10-18-14/h5,8,10,12-13,15-16H,3-4,6-7,9,11H2,1-2H3. The van der Waals surface area contributed by atoms with E-state index in [9.17, 15) is 0 Å². The van der Waals surface area contributed by atoms with E-state index in [1.165, 1.54) is 36.3 Å². The molecule has 3 heteroatoms. The van der Waals surface area contributed by atoms with Gasteiger partial charge in [0.15, 0.2) is 0 Å². The van der Waals surface area contributed by atoms with E-state index in [0.717, 1.165) is 17.7 Å². The fourth-order valence-electron chi connectivity index (χ4n) is 2.77. The molecular weight excluding hydrogens is 258 g/mol. The monoisotopic (exact) mass is 283 g/mol. The highest BCUT2D eigenvalue weighted by atomic mass is 32.2. The van der Waals surface area contributed by atoms with Crippen molar-refractivity contribution in [1.82, 2.24) is 5.32 Å². The molecule has 1 heterocycles. The van der Waals surface area contributed by atoms with Gasteiger partial charge in [0.2, 0.25) is 0 Å². The third-order valence-corrected chi connectivity index (χ3v) is 5.70. The highest BCUT2D eigenvalue weighted by Gasteiger charge is 2.26. The van der Waals surface area contributed by atoms with Gasteiger partial charge in [-0.15, -0.1) is 11.3 Å². The first-order valence-electron chi connectivity index (χ1n) is 7.15. The van der Waals surface area contributed by atoms with Crippen LogP contribution < -0.4 is 5.32 Å². The summed E-state index contributed by atoms with van der Waals surface area (Å²) in [7, 11) is 0. The summed E-state index contributed by atoms with van der Waals surface area (Å²) in [5.74, 6) is 2.10. The molecule has 1 aliphatic rings. The van der Waals surface area contributed by atoms with E-state index in [2.05, 4.69) is 48.4 Å². The molecule has 102 valence electrons. The van der Waals surface area contributed by atoms with Crippen LogP contribution in [0.2, 0.25) is 0 Å². The summed E-state index contributed by atoms with van der Waals surface area (Å²) >= 11 is 3.97. The first-order valence-corrected chi connectivity index (χ1v) is 9.08. The van der Waals surface area contributed by atoms with Gasteiger partial charge in [-0.2, -0.15) is 11.8 Å². The Morgan fingerprint density at radius 2 is 2.17 bits per heavy atom. The summed E-state index contributed by atoms with van der Waals surface area (Å²) in [6.07, 6.45) is 5.67. The van der Waals surface area contributed by atoms with E-state index in [1.807, 2.05) is 11.3 Å². The predicted molar refractivity (Wildman–Crippen MR) is 84.6 cm³/mol. The second-order valence-corrected chi connectivity index (χ2v) is 8.07. The van der Waals surface area contributed by atoms with Gasteiger partial charge in [-0.1, -0.05) is 32.8 Å². The van der Waals surface area contributed by atoms with Crippen LogP contribution in [0.25, 0.3) is 0 Å². The van der Waals surface area contributed by atoms with Crippen molar-refractivity contribution in [2.24, 2.45) is 5.92 Å². The molecule has 0 aliphatic heterocycles. The maximum absolute atomic E-state index is 3.81. The van der Waals surface area contributed by atoms with Crippen LogP contribution in [0.3, 0.4) is 0 Å². The Kier molecular flexibility index (Phi) is 6.06. The summed E-state index contributed by atoms with van der Waals surface area (Å²) in [4.78, 5) is 1.54. The molecule has 0 aromatic carbocycles. The molecule has 1 saturated carbocycles. The second-order valence-electron chi connectivity index (χ2n) is 5.41. The van der Waals surface area contributed by atoms with Crippen LogP contribution in [0, 0.1) is 5.92 Å². The largest absolute Gasteiger partial charge is 0.308 e. The van der Waals surface area contributed by atoms with E-state index in [1.54, 1.807) is 0 Å². The molecule has 0 bridgehead atoms. The molecule has 1 atom stereocenters. The van der Waals surface area contributed by atoms with Crippen LogP contribution in [0.1, 0.15) is 50.4 Å². The van der Waals surface area contributed by atoms with Gasteiger partial charge in [-0.3, -0.25) is 0 Å². The fraction of sp³-hybridized carbons (Fsp3) is 0.733. The van der Waals surface area contributed by atoms with Crippen LogP contribution in [-0.2, 0) is 0 Å². The van der Waals surface area contributed by atoms with Crippen LogP contribution in [0.15, 0.2) is 17.5 Å². The van der Waals surface area contributed by atoms with E-state index in [0.29, 0.717) is 6.04 Å². The zero-order valence-electron chi connectivity index (χ0n) is 11.5. The SMILES string of the molecule is CC(C)SCCNC(c1cccs1)C1CCCC1. The van der Waals surface area contributed by atoms with Crippen molar-refractivity contribution in [2.75, 3.05) is 12.3 Å². The third-order valence-electron chi connectivity index (χ3n) is 3.64. The summed E-state index contributed by atoms with van der Waals surface area (Å²) in [6, 6.07) is 5.10. The lowest BCUT2D eigenvalue weighted by molar-refractivity contribution is 0.380. The normalized spacial score (nSPS) is 18.6. The van der Waals surface area contributed by atoms with Crippen LogP contribution in [0.4, 0.5) is 0 Å². The van der Waals surface area contributed by atoms with Gasteiger partial charge in [0.1, 0.15) is 0 Å². The second kappa shape index (κ2) is 7.56. The number of hydrogen-bond acceptors (Lipinski definition) is 3. The topological polar surface area (TPSA) is 12.0 Å². The van der Waals surface area contributed by atoms with Crippen LogP contribution in [-0.4, -0.2) is 17.5 Å². The molecule has 0 radical (unpaired) electrons. The number of thiophene rings is 1. The number of thioether (sulfide) groups is 1. The van der Waals surface area contributed by atoms with Gasteiger partial charge in [-0.05, 0) is 35.5 Å². The summed E-state index contributed by atoms with van der Waals surface area (Å²) in [5, 5.41) is 6.77. The highest BCUT2D eigenvalue weighted by molar-refractivity contribution is 7.99. The Labute approximate surface area is 120 Å². The highest BCUT2D eigenvalue weighted by Crippen LogP contribution is 2.37. The van der Waals surface area contributed by atoms with Gasteiger partial charge in [0.25, 0.3) is 0 Å². The Morgan fingerprint density at radius 3 is 2.78 bits per heavy atom. The molecule has 0 saturated heterocycles. The molecule has 2 rings (SSSR count). The Hall–Kier alpha value is 0.01000. The molecule has 1 fully saturated rings. The minimum atomic E-state index is 0.611. The molecule has 1 aromatic heterocycles. The lowest BCUT2D eigenvalue weighted by Crippen LogP contribution is -2.28. The number of nitrogens with one attached hydrogen (secondary N) is 1. The zero-order valence-corrected chi connectivity index (χ0v) is 13.2. The van der Waals surface area contributed by atoms with Crippen molar-refractivity contribution < 1.29 is 0 Å². The van der Waals surface area contributed by atoms with Crippen molar-refractivity contribution in [3.63, 3.8) is 0 Å². The average molecular weight is 284 g/mol. The quantitative estimate of drug-likeness (QED) is 0.727. The van der Waals surface area contributed by atoms with E-state index in [-0.39, 0.29) is 0 Å². The van der Waals surface area contributed by atoms with E-state index >= 15 is 0 Å². The minimum Gasteiger partial charge on any atom is -0.308 e. The summed E-state index contributed by atoms with van der Waals surface area (Å²) < 4.78 is 0. The Morgan fingerprint density at radius 1 is 1.39 bits per heavy atom. The fourth-order valence-corrected chi connectivity index (χ4v) is 4.37. The summed E-state index contributed by atoms with van der Waals surface area (Å²) in [6.45, 7) is 5.69. The van der Waals surface area contributed by atoms with Crippen molar-refractivity contribution in [1.29, 1.82) is 0 Å². The van der Waals surface area contributed by atoms with Crippen molar-refractivity contribution in [3.8, 4) is 0 Å². The van der Waals surface area contributed by atoms with Gasteiger partial charge in [-0.25, -0.2) is 0 Å². The van der Waals surface area contributed by atoms with Gasteiger partial charge >= 0.3 is 0 Å². The summed E-state index contributed by atoms with van der Waals surface area (Å²) in [5.41, 5.74) is 0. The lowest BCUT2D eigenvalue weighted by Gasteiger charge is -2.24. The molecule has 1 N–H and O–H groups in total. The number of hydrogen-bond donors (Lipinski definition) is 1. The smallest absolute Gasteiger partial charge is 0.0443 e. The molecule has 1 aromatic rings. The first kappa shape index (κ1) is 14.4. The Bertz CT molecular complexity index is 315. The van der Waals surface area contributed by atoms with Crippen molar-refractivity contribution in [2.45, 2.75) is 50.8 Å². The van der Waals surface area contributed by atoms with Crippen LogP contribution in [0.5, 0.6) is 0 Å². The van der Waals surface area contributed by atoms with Gasteiger partial charge in [0.05, 0.1) is 0 Å². The van der Waals surface area contributed by atoms with Crippen molar-refractivity contribution >= 4 is 23.1 Å². The molecule has 18 heavy (non-hydrogen) atoms. The van der Waals surface area contributed by atoms with E-state index < -0.39 is 0 Å². The molecule has 1 aliphatic carbocycles. The zero-order chi connectivity index (χ0) is 12.8. The van der Waals surface area contributed by atoms with Gasteiger partial charge < -0.3 is 5.32 Å². The van der Waals surface area contributed by atoms with Crippen LogP contribution >= 0.6 is 23.1 Å². The molecule has 1 unspecified atom stereocenters. The Balaban J connectivity index is 1.85. The van der Waals surface area contributed by atoms with Gasteiger partial charge in [0, 0.05) is 23.2 Å². The maximum Gasteiger partial charge on any atom is 0.0443 e. The minimum absolute atomic E-state index is 0.611. The number of rotatable bonds is 7. The molecule has 1 nitrogen and oxygen atoms in total. The lowest BCUT2D eigenvalue weighted by atomic mass is 9.97. The van der Waals surface area contributed by atoms with Crippen molar-refractivity contribution in [3.05, 3.63) is 22.4 Å². The molecular formula is C15H25NS2. The predicted octanol–water partition coefficient (Wildman–Crippen LogP) is 4.71. The molecule has 0 spiro atoms. The average Bonchev–Trinajstić information content (AvgIpc) is 3.01. The molecule has 0 amide bonds. The maximum atomic E-state index is 3.81. The first-order chi connectivity index (χ1) is 8.77.